The molecule has 9 heteroatoms. The van der Waals surface area contributed by atoms with Crippen molar-refractivity contribution in [2.75, 3.05) is 20.1 Å². The zero-order valence-corrected chi connectivity index (χ0v) is 17.6. The van der Waals surface area contributed by atoms with Gasteiger partial charge < -0.3 is 4.90 Å². The van der Waals surface area contributed by atoms with E-state index in [9.17, 15) is 28.1 Å². The number of alkyl halides is 3. The molecule has 6 nitrogen and oxygen atoms in total. The molecule has 0 spiro atoms. The summed E-state index contributed by atoms with van der Waals surface area (Å²) in [6.07, 6.45) is -2.00. The molecule has 1 saturated heterocycles. The Labute approximate surface area is 183 Å². The van der Waals surface area contributed by atoms with Gasteiger partial charge in [-0.25, -0.2) is 0 Å². The van der Waals surface area contributed by atoms with Crippen molar-refractivity contribution in [1.82, 2.24) is 9.80 Å². The molecule has 2 aliphatic rings. The van der Waals surface area contributed by atoms with Gasteiger partial charge in [0.1, 0.15) is 0 Å². The average molecular weight is 447 g/mol. The maximum atomic E-state index is 13.2. The standard InChI is InChI=1S/C23H24F3N3O3/c1-27(21(30)13-16-8-9-17(23(24,25)26)14-19(16)29(31)32)22-18-7-3-2-6-15(18)12-20(22)28-10-4-5-11-28/h2-3,6-9,14,20,22H,4-5,10-13H2,1H3. The fourth-order valence-electron chi connectivity index (χ4n) is 4.92. The maximum Gasteiger partial charge on any atom is 0.416 e. The van der Waals surface area contributed by atoms with E-state index in [1.807, 2.05) is 18.2 Å². The summed E-state index contributed by atoms with van der Waals surface area (Å²) < 4.78 is 39.0. The van der Waals surface area contributed by atoms with E-state index in [1.54, 1.807) is 11.9 Å². The second-order valence-corrected chi connectivity index (χ2v) is 8.44. The number of amides is 1. The van der Waals surface area contributed by atoms with Gasteiger partial charge in [0.2, 0.25) is 5.91 Å². The number of carbonyl (C=O) groups excluding carboxylic acids is 1. The van der Waals surface area contributed by atoms with E-state index in [0.29, 0.717) is 6.07 Å². The molecule has 0 aromatic heterocycles. The summed E-state index contributed by atoms with van der Waals surface area (Å²) in [7, 11) is 1.67. The van der Waals surface area contributed by atoms with Crippen LogP contribution in [0.25, 0.3) is 0 Å². The maximum absolute atomic E-state index is 13.2. The van der Waals surface area contributed by atoms with Gasteiger partial charge in [0.15, 0.2) is 0 Å². The zero-order chi connectivity index (χ0) is 23.0. The summed E-state index contributed by atoms with van der Waals surface area (Å²) in [6.45, 7) is 1.92. The minimum absolute atomic E-state index is 0.0242. The molecular formula is C23H24F3N3O3. The number of nitrogens with zero attached hydrogens (tertiary/aromatic N) is 3. The second-order valence-electron chi connectivity index (χ2n) is 8.44. The molecule has 2 aromatic rings. The van der Waals surface area contributed by atoms with Crippen LogP contribution in [0.3, 0.4) is 0 Å². The van der Waals surface area contributed by atoms with Gasteiger partial charge >= 0.3 is 6.18 Å². The van der Waals surface area contributed by atoms with Crippen molar-refractivity contribution >= 4 is 11.6 Å². The lowest BCUT2D eigenvalue weighted by atomic mass is 10.0. The third-order valence-electron chi connectivity index (χ3n) is 6.54. The molecule has 2 atom stereocenters. The van der Waals surface area contributed by atoms with Gasteiger partial charge in [-0.05, 0) is 49.5 Å². The number of carbonyl (C=O) groups is 1. The quantitative estimate of drug-likeness (QED) is 0.504. The zero-order valence-electron chi connectivity index (χ0n) is 17.6. The Bertz CT molecular complexity index is 1030. The van der Waals surface area contributed by atoms with Gasteiger partial charge in [-0.1, -0.05) is 30.3 Å². The monoisotopic (exact) mass is 447 g/mol. The summed E-state index contributed by atoms with van der Waals surface area (Å²) >= 11 is 0. The third-order valence-corrected chi connectivity index (χ3v) is 6.54. The summed E-state index contributed by atoms with van der Waals surface area (Å²) in [4.78, 5) is 27.7. The van der Waals surface area contributed by atoms with Crippen LogP contribution < -0.4 is 0 Å². The van der Waals surface area contributed by atoms with Crippen molar-refractivity contribution in [3.63, 3.8) is 0 Å². The number of likely N-dealkylation sites (tertiary alicyclic amines) is 1. The van der Waals surface area contributed by atoms with Crippen LogP contribution in [0.1, 0.15) is 41.1 Å². The van der Waals surface area contributed by atoms with E-state index in [1.165, 1.54) is 5.56 Å². The van der Waals surface area contributed by atoms with Crippen LogP contribution in [0.15, 0.2) is 42.5 Å². The minimum atomic E-state index is -4.69. The largest absolute Gasteiger partial charge is 0.416 e. The van der Waals surface area contributed by atoms with E-state index in [2.05, 4.69) is 11.0 Å². The van der Waals surface area contributed by atoms with Crippen LogP contribution in [0.4, 0.5) is 18.9 Å². The van der Waals surface area contributed by atoms with Gasteiger partial charge in [0, 0.05) is 24.7 Å². The van der Waals surface area contributed by atoms with Crippen LogP contribution in [-0.2, 0) is 23.8 Å². The van der Waals surface area contributed by atoms with Crippen molar-refractivity contribution in [2.45, 2.75) is 43.9 Å². The first-order valence-corrected chi connectivity index (χ1v) is 10.6. The first-order valence-electron chi connectivity index (χ1n) is 10.6. The van der Waals surface area contributed by atoms with Crippen molar-refractivity contribution in [2.24, 2.45) is 0 Å². The highest BCUT2D eigenvalue weighted by Gasteiger charge is 2.41. The topological polar surface area (TPSA) is 66.7 Å². The molecule has 0 saturated carbocycles. The summed E-state index contributed by atoms with van der Waals surface area (Å²) in [5.41, 5.74) is 0.414. The Kier molecular flexibility index (Phi) is 5.94. The lowest BCUT2D eigenvalue weighted by molar-refractivity contribution is -0.385. The summed E-state index contributed by atoms with van der Waals surface area (Å²) in [6, 6.07) is 10.2. The van der Waals surface area contributed by atoms with Crippen molar-refractivity contribution in [3.05, 3.63) is 74.8 Å². The Balaban J connectivity index is 1.61. The number of hydrogen-bond donors (Lipinski definition) is 0. The molecule has 2 aromatic carbocycles. The van der Waals surface area contributed by atoms with Gasteiger partial charge in [-0.3, -0.25) is 19.8 Å². The molecule has 1 aliphatic carbocycles. The minimum Gasteiger partial charge on any atom is -0.337 e. The Morgan fingerprint density at radius 2 is 1.88 bits per heavy atom. The molecule has 1 aliphatic heterocycles. The van der Waals surface area contributed by atoms with Crippen molar-refractivity contribution in [3.8, 4) is 0 Å². The average Bonchev–Trinajstić information content (AvgIpc) is 3.40. The molecule has 1 amide bonds. The number of nitro groups is 1. The number of likely N-dealkylation sites (N-methyl/N-ethyl adjacent to an activating group) is 1. The number of halogens is 3. The fraction of sp³-hybridized carbons (Fsp3) is 0.435. The van der Waals surface area contributed by atoms with Gasteiger partial charge in [-0.2, -0.15) is 13.2 Å². The lowest BCUT2D eigenvalue weighted by Crippen LogP contribution is -2.44. The molecule has 170 valence electrons. The number of rotatable bonds is 5. The number of hydrogen-bond acceptors (Lipinski definition) is 4. The van der Waals surface area contributed by atoms with Crippen molar-refractivity contribution < 1.29 is 22.9 Å². The number of benzene rings is 2. The molecule has 0 N–H and O–H groups in total. The number of nitro benzene ring substituents is 1. The lowest BCUT2D eigenvalue weighted by Gasteiger charge is -2.35. The smallest absolute Gasteiger partial charge is 0.337 e. The Morgan fingerprint density at radius 3 is 2.53 bits per heavy atom. The predicted octanol–water partition coefficient (Wildman–Crippen LogP) is 4.38. The normalized spacial score (nSPS) is 20.9. The third kappa shape index (κ3) is 4.21. The predicted molar refractivity (Wildman–Crippen MR) is 112 cm³/mol. The van der Waals surface area contributed by atoms with Gasteiger partial charge in [-0.15, -0.1) is 0 Å². The second kappa shape index (κ2) is 8.54. The highest BCUT2D eigenvalue weighted by atomic mass is 19.4. The first-order chi connectivity index (χ1) is 15.2. The molecule has 0 bridgehead atoms. The summed E-state index contributed by atoms with van der Waals surface area (Å²) in [5.74, 6) is -0.362. The molecule has 4 rings (SSSR count). The van der Waals surface area contributed by atoms with Crippen LogP contribution >= 0.6 is 0 Å². The van der Waals surface area contributed by atoms with Crippen LogP contribution in [-0.4, -0.2) is 46.8 Å². The van der Waals surface area contributed by atoms with Crippen LogP contribution in [0.5, 0.6) is 0 Å². The van der Waals surface area contributed by atoms with Gasteiger partial charge in [0.05, 0.1) is 22.9 Å². The van der Waals surface area contributed by atoms with E-state index < -0.39 is 22.4 Å². The highest BCUT2D eigenvalue weighted by Crippen LogP contribution is 2.40. The van der Waals surface area contributed by atoms with E-state index >= 15 is 0 Å². The molecule has 2 unspecified atom stereocenters. The van der Waals surface area contributed by atoms with Crippen LogP contribution in [0.2, 0.25) is 0 Å². The Hall–Kier alpha value is -2.94. The highest BCUT2D eigenvalue weighted by molar-refractivity contribution is 5.80. The molecule has 1 fully saturated rings. The molecular weight excluding hydrogens is 423 g/mol. The molecule has 32 heavy (non-hydrogen) atoms. The first kappa shape index (κ1) is 22.3. The molecule has 1 heterocycles. The fourth-order valence-corrected chi connectivity index (χ4v) is 4.92. The Morgan fingerprint density at radius 1 is 1.19 bits per heavy atom. The van der Waals surface area contributed by atoms with Crippen molar-refractivity contribution in [1.29, 1.82) is 0 Å². The SMILES string of the molecule is CN(C(=O)Cc1ccc(C(F)(F)F)cc1[N+](=O)[O-])C1c2ccccc2CC1N1CCCC1. The van der Waals surface area contributed by atoms with Gasteiger partial charge in [0.25, 0.3) is 5.69 Å². The van der Waals surface area contributed by atoms with E-state index in [0.717, 1.165) is 50.0 Å². The summed E-state index contributed by atoms with van der Waals surface area (Å²) in [5, 5.41) is 11.4. The van der Waals surface area contributed by atoms with E-state index in [4.69, 9.17) is 0 Å². The van der Waals surface area contributed by atoms with E-state index in [-0.39, 0.29) is 30.0 Å². The molecule has 0 radical (unpaired) electrons. The number of fused-ring (bicyclic) bond motifs is 1. The van der Waals surface area contributed by atoms with Crippen LogP contribution in [0, 0.1) is 10.1 Å².